The molecule has 0 aliphatic heterocycles. The number of nitrogens with one attached hydrogen (secondary N) is 1. The first kappa shape index (κ1) is 16.4. The van der Waals surface area contributed by atoms with Crippen molar-refractivity contribution in [1.29, 1.82) is 0 Å². The second-order valence-electron chi connectivity index (χ2n) is 4.78. The minimum atomic E-state index is -3.60. The van der Waals surface area contributed by atoms with E-state index in [9.17, 15) is 13.5 Å². The van der Waals surface area contributed by atoms with Gasteiger partial charge in [0.05, 0.1) is 6.10 Å². The van der Waals surface area contributed by atoms with Crippen molar-refractivity contribution in [2.75, 3.05) is 6.54 Å². The molecule has 0 saturated carbocycles. The first-order valence-corrected chi connectivity index (χ1v) is 7.90. The Kier molecular flexibility index (Phi) is 5.73. The molecule has 7 heteroatoms. The Hall–Kier alpha value is -0.690. The van der Waals surface area contributed by atoms with Gasteiger partial charge in [-0.15, -0.1) is 0 Å². The second kappa shape index (κ2) is 6.65. The van der Waals surface area contributed by atoms with Gasteiger partial charge in [0.25, 0.3) is 0 Å². The van der Waals surface area contributed by atoms with Crippen LogP contribution in [0, 0.1) is 12.8 Å². The summed E-state index contributed by atoms with van der Waals surface area (Å²) in [6, 6.07) is 1.47. The Bertz CT molecular complexity index is 532. The van der Waals surface area contributed by atoms with E-state index >= 15 is 0 Å². The Morgan fingerprint density at radius 1 is 1.47 bits per heavy atom. The fourth-order valence-corrected chi connectivity index (χ4v) is 2.62. The third-order valence-corrected chi connectivity index (χ3v) is 4.63. The molecule has 0 spiro atoms. The molecule has 5 nitrogen and oxygen atoms in total. The third-order valence-electron chi connectivity index (χ3n) is 2.80. The maximum atomic E-state index is 12.0. The van der Waals surface area contributed by atoms with Crippen molar-refractivity contribution in [2.24, 2.45) is 5.92 Å². The van der Waals surface area contributed by atoms with Crippen molar-refractivity contribution in [3.63, 3.8) is 0 Å². The number of aromatic nitrogens is 1. The zero-order valence-electron chi connectivity index (χ0n) is 11.2. The van der Waals surface area contributed by atoms with Gasteiger partial charge < -0.3 is 5.11 Å². The molecule has 0 aromatic carbocycles. The molecule has 19 heavy (non-hydrogen) atoms. The number of sulfonamides is 1. The molecule has 0 aliphatic rings. The highest BCUT2D eigenvalue weighted by Crippen LogP contribution is 2.16. The van der Waals surface area contributed by atoms with Gasteiger partial charge in [-0.25, -0.2) is 18.1 Å². The molecule has 2 N–H and O–H groups in total. The van der Waals surface area contributed by atoms with E-state index < -0.39 is 16.1 Å². The van der Waals surface area contributed by atoms with E-state index in [1.807, 2.05) is 13.8 Å². The lowest BCUT2D eigenvalue weighted by Crippen LogP contribution is -2.29. The molecule has 1 aromatic heterocycles. The lowest BCUT2D eigenvalue weighted by Gasteiger charge is -2.14. The highest BCUT2D eigenvalue weighted by Gasteiger charge is 2.16. The van der Waals surface area contributed by atoms with Gasteiger partial charge in [0.15, 0.2) is 0 Å². The Morgan fingerprint density at radius 2 is 2.11 bits per heavy atom. The predicted octanol–water partition coefficient (Wildman–Crippen LogP) is 1.73. The number of nitrogens with zero attached hydrogens (tertiary/aromatic N) is 1. The largest absolute Gasteiger partial charge is 0.393 e. The van der Waals surface area contributed by atoms with E-state index in [4.69, 9.17) is 11.6 Å². The van der Waals surface area contributed by atoms with Crippen LogP contribution in [0.1, 0.15) is 25.8 Å². The summed E-state index contributed by atoms with van der Waals surface area (Å²) in [5.74, 6) is 0.101. The summed E-state index contributed by atoms with van der Waals surface area (Å²) < 4.78 is 26.4. The van der Waals surface area contributed by atoms with Gasteiger partial charge >= 0.3 is 0 Å². The van der Waals surface area contributed by atoms with Gasteiger partial charge in [-0.05, 0) is 30.9 Å². The minimum absolute atomic E-state index is 0.0773. The van der Waals surface area contributed by atoms with E-state index in [1.54, 1.807) is 6.92 Å². The van der Waals surface area contributed by atoms with Crippen LogP contribution in [0.3, 0.4) is 0 Å². The normalized spacial score (nSPS) is 13.8. The molecule has 0 bridgehead atoms. The fraction of sp³-hybridized carbons (Fsp3) is 0.583. The van der Waals surface area contributed by atoms with Gasteiger partial charge in [-0.3, -0.25) is 0 Å². The molecular weight excluding hydrogens is 288 g/mol. The number of hydrogen-bond acceptors (Lipinski definition) is 4. The highest BCUT2D eigenvalue weighted by atomic mass is 35.5. The maximum Gasteiger partial charge on any atom is 0.242 e. The van der Waals surface area contributed by atoms with Crippen LogP contribution in [0.15, 0.2) is 17.2 Å². The summed E-state index contributed by atoms with van der Waals surface area (Å²) in [4.78, 5) is 3.89. The summed E-state index contributed by atoms with van der Waals surface area (Å²) in [6.45, 7) is 5.64. The summed E-state index contributed by atoms with van der Waals surface area (Å²) in [5, 5.41) is 9.90. The van der Waals surface area contributed by atoms with Crippen LogP contribution in [0.25, 0.3) is 0 Å². The van der Waals surface area contributed by atoms with Crippen molar-refractivity contribution in [3.05, 3.63) is 23.0 Å². The van der Waals surface area contributed by atoms with E-state index in [0.29, 0.717) is 12.0 Å². The zero-order chi connectivity index (χ0) is 14.6. The van der Waals surface area contributed by atoms with Crippen LogP contribution in [0.4, 0.5) is 0 Å². The van der Waals surface area contributed by atoms with Gasteiger partial charge in [-0.2, -0.15) is 0 Å². The van der Waals surface area contributed by atoms with Crippen molar-refractivity contribution >= 4 is 21.6 Å². The predicted molar refractivity (Wildman–Crippen MR) is 74.6 cm³/mol. The van der Waals surface area contributed by atoms with Crippen LogP contribution in [0.5, 0.6) is 0 Å². The molecule has 0 radical (unpaired) electrons. The number of rotatable bonds is 6. The summed E-state index contributed by atoms with van der Waals surface area (Å²) in [7, 11) is -3.60. The number of aliphatic hydroxyl groups is 1. The van der Waals surface area contributed by atoms with Gasteiger partial charge in [0.1, 0.15) is 10.0 Å². The zero-order valence-corrected chi connectivity index (χ0v) is 12.8. The molecule has 1 aromatic rings. The topological polar surface area (TPSA) is 79.3 Å². The van der Waals surface area contributed by atoms with E-state index in [2.05, 4.69) is 9.71 Å². The summed E-state index contributed by atoms with van der Waals surface area (Å²) in [6.07, 6.45) is 1.07. The molecule has 108 valence electrons. The lowest BCUT2D eigenvalue weighted by molar-refractivity contribution is 0.118. The van der Waals surface area contributed by atoms with Crippen molar-refractivity contribution < 1.29 is 13.5 Å². The Morgan fingerprint density at radius 3 is 2.63 bits per heavy atom. The van der Waals surface area contributed by atoms with E-state index in [0.717, 1.165) is 0 Å². The van der Waals surface area contributed by atoms with E-state index in [-0.39, 0.29) is 22.5 Å². The number of pyridine rings is 1. The first-order chi connectivity index (χ1) is 8.74. The number of hydrogen-bond donors (Lipinski definition) is 2. The Labute approximate surface area is 119 Å². The summed E-state index contributed by atoms with van der Waals surface area (Å²) >= 11 is 5.75. The standard InChI is InChI=1S/C12H19ClN2O3S/c1-8(2)11(16)4-5-15-19(17,18)10-6-9(3)12(13)14-7-10/h6-8,11,15-16H,4-5H2,1-3H3. The molecule has 0 fully saturated rings. The summed E-state index contributed by atoms with van der Waals surface area (Å²) in [5.41, 5.74) is 0.603. The van der Waals surface area contributed by atoms with Crippen molar-refractivity contribution in [2.45, 2.75) is 38.2 Å². The van der Waals surface area contributed by atoms with Gasteiger partial charge in [-0.1, -0.05) is 25.4 Å². The molecule has 1 rings (SSSR count). The molecule has 0 amide bonds. The molecule has 0 aliphatic carbocycles. The van der Waals surface area contributed by atoms with Crippen LogP contribution >= 0.6 is 11.6 Å². The van der Waals surface area contributed by atoms with Crippen molar-refractivity contribution in [3.8, 4) is 0 Å². The van der Waals surface area contributed by atoms with Gasteiger partial charge in [0.2, 0.25) is 10.0 Å². The fourth-order valence-electron chi connectivity index (χ4n) is 1.44. The minimum Gasteiger partial charge on any atom is -0.393 e. The molecule has 1 heterocycles. The van der Waals surface area contributed by atoms with Crippen LogP contribution in [0.2, 0.25) is 5.15 Å². The maximum absolute atomic E-state index is 12.0. The Balaban J connectivity index is 2.68. The average Bonchev–Trinajstić information content (AvgIpc) is 2.32. The van der Waals surface area contributed by atoms with Crippen molar-refractivity contribution in [1.82, 2.24) is 9.71 Å². The molecule has 1 atom stereocenters. The van der Waals surface area contributed by atoms with Crippen LogP contribution < -0.4 is 4.72 Å². The van der Waals surface area contributed by atoms with Crippen LogP contribution in [-0.2, 0) is 10.0 Å². The highest BCUT2D eigenvalue weighted by molar-refractivity contribution is 7.89. The second-order valence-corrected chi connectivity index (χ2v) is 6.90. The lowest BCUT2D eigenvalue weighted by atomic mass is 10.1. The monoisotopic (exact) mass is 306 g/mol. The third kappa shape index (κ3) is 4.72. The quantitative estimate of drug-likeness (QED) is 0.785. The smallest absolute Gasteiger partial charge is 0.242 e. The number of aliphatic hydroxyl groups excluding tert-OH is 1. The molecule has 0 saturated heterocycles. The molecular formula is C12H19ClN2O3S. The number of halogens is 1. The van der Waals surface area contributed by atoms with E-state index in [1.165, 1.54) is 12.3 Å². The van der Waals surface area contributed by atoms with Crippen LogP contribution in [-0.4, -0.2) is 31.2 Å². The first-order valence-electron chi connectivity index (χ1n) is 6.04. The van der Waals surface area contributed by atoms with Gasteiger partial charge in [0, 0.05) is 12.7 Å². The molecule has 1 unspecified atom stereocenters. The SMILES string of the molecule is Cc1cc(S(=O)(=O)NCCC(O)C(C)C)cnc1Cl. The average molecular weight is 307 g/mol. The number of aryl methyl sites for hydroxylation is 1.